The van der Waals surface area contributed by atoms with Crippen LogP contribution in [0.5, 0.6) is 17.2 Å². The number of aromatic amines is 1. The summed E-state index contributed by atoms with van der Waals surface area (Å²) in [5.41, 5.74) is 5.11. The van der Waals surface area contributed by atoms with Crippen molar-refractivity contribution in [2.45, 2.75) is 38.6 Å². The van der Waals surface area contributed by atoms with Crippen LogP contribution in [0, 0.1) is 17.1 Å². The number of fused-ring (bicyclic) bond motifs is 1. The summed E-state index contributed by atoms with van der Waals surface area (Å²) < 4.78 is 37.6. The van der Waals surface area contributed by atoms with Crippen molar-refractivity contribution in [3.63, 3.8) is 0 Å². The maximum Gasteiger partial charge on any atom is 0.438 e. The van der Waals surface area contributed by atoms with Crippen molar-refractivity contribution < 1.29 is 23.1 Å². The molecular weight excluding hydrogens is 601 g/mol. The number of nitrogens with one attached hydrogen (secondary N) is 2. The van der Waals surface area contributed by atoms with E-state index in [1.54, 1.807) is 42.6 Å². The Morgan fingerprint density at radius 2 is 1.96 bits per heavy atom. The molecule has 0 saturated carbocycles. The largest absolute Gasteiger partial charge is 0.494 e. The smallest absolute Gasteiger partial charge is 0.438 e. The molecule has 2 aromatic heterocycles. The van der Waals surface area contributed by atoms with Crippen LogP contribution < -0.4 is 25.3 Å². The minimum Gasteiger partial charge on any atom is -0.494 e. The molecule has 12 heteroatoms. The number of H-pyrrole nitrogens is 1. The van der Waals surface area contributed by atoms with Gasteiger partial charge in [-0.25, -0.2) is 9.18 Å². The van der Waals surface area contributed by atoms with E-state index in [0.29, 0.717) is 58.4 Å². The van der Waals surface area contributed by atoms with E-state index in [2.05, 4.69) is 31.0 Å². The molecule has 0 radical (unpaired) electrons. The van der Waals surface area contributed by atoms with Crippen LogP contribution in [0.4, 0.5) is 4.39 Å². The van der Waals surface area contributed by atoms with Gasteiger partial charge in [0.1, 0.15) is 30.3 Å². The van der Waals surface area contributed by atoms with Crippen molar-refractivity contribution in [1.29, 1.82) is 5.26 Å². The normalized spacial score (nSPS) is 13.7. The van der Waals surface area contributed by atoms with Crippen LogP contribution in [0.1, 0.15) is 46.2 Å². The molecule has 1 atom stereocenters. The average Bonchev–Trinajstić information content (AvgIpc) is 3.67. The SMILES string of the molecule is COc1cccc(-c2cccc3c2CC[C@@H]3Oc2cc(OCc3cncc(C#N)c3)c(CNCc3noc(=O)[nH]3)cc2Cl)c1F. The fourth-order valence-corrected chi connectivity index (χ4v) is 5.63. The average molecular weight is 628 g/mol. The number of halogens is 2. The van der Waals surface area contributed by atoms with E-state index in [4.69, 9.17) is 25.8 Å². The summed E-state index contributed by atoms with van der Waals surface area (Å²) >= 11 is 6.75. The van der Waals surface area contributed by atoms with Gasteiger partial charge in [-0.05, 0) is 47.7 Å². The number of hydrogen-bond donors (Lipinski definition) is 2. The van der Waals surface area contributed by atoms with Crippen molar-refractivity contribution in [2.24, 2.45) is 0 Å². The quantitative estimate of drug-likeness (QED) is 0.180. The minimum atomic E-state index is -0.636. The van der Waals surface area contributed by atoms with Crippen LogP contribution >= 0.6 is 11.6 Å². The van der Waals surface area contributed by atoms with Crippen molar-refractivity contribution in [2.75, 3.05) is 7.11 Å². The van der Waals surface area contributed by atoms with Crippen LogP contribution in [0.2, 0.25) is 5.02 Å². The van der Waals surface area contributed by atoms with E-state index in [-0.39, 0.29) is 25.0 Å². The molecule has 0 amide bonds. The monoisotopic (exact) mass is 627 g/mol. The number of ether oxygens (including phenoxy) is 3. The van der Waals surface area contributed by atoms with Crippen LogP contribution in [0.25, 0.3) is 11.1 Å². The van der Waals surface area contributed by atoms with Gasteiger partial charge in [0.15, 0.2) is 17.4 Å². The highest BCUT2D eigenvalue weighted by Crippen LogP contribution is 2.43. The molecule has 2 heterocycles. The van der Waals surface area contributed by atoms with Crippen LogP contribution in [-0.2, 0) is 26.1 Å². The second-order valence-corrected chi connectivity index (χ2v) is 10.8. The number of hydrogen-bond acceptors (Lipinski definition) is 9. The molecule has 0 saturated heterocycles. The number of rotatable bonds is 11. The summed E-state index contributed by atoms with van der Waals surface area (Å²) in [6.45, 7) is 0.710. The Kier molecular flexibility index (Phi) is 8.77. The van der Waals surface area contributed by atoms with E-state index >= 15 is 4.39 Å². The van der Waals surface area contributed by atoms with Crippen molar-refractivity contribution in [3.8, 4) is 34.4 Å². The van der Waals surface area contributed by atoms with Gasteiger partial charge >= 0.3 is 5.76 Å². The summed E-state index contributed by atoms with van der Waals surface area (Å²) in [7, 11) is 1.45. The van der Waals surface area contributed by atoms with Crippen LogP contribution in [0.15, 0.2) is 76.3 Å². The van der Waals surface area contributed by atoms with Gasteiger partial charge in [-0.15, -0.1) is 0 Å². The van der Waals surface area contributed by atoms with Crippen molar-refractivity contribution in [3.05, 3.63) is 122 Å². The molecule has 1 aliphatic carbocycles. The van der Waals surface area contributed by atoms with E-state index in [1.807, 2.05) is 18.2 Å². The summed E-state index contributed by atoms with van der Waals surface area (Å²) in [5.74, 6) is 0.426. The first-order chi connectivity index (χ1) is 21.9. The molecule has 0 fully saturated rings. The van der Waals surface area contributed by atoms with Gasteiger partial charge in [-0.2, -0.15) is 5.26 Å². The Labute approximate surface area is 262 Å². The third-order valence-corrected chi connectivity index (χ3v) is 7.78. The summed E-state index contributed by atoms with van der Waals surface area (Å²) in [4.78, 5) is 17.9. The number of benzene rings is 3. The minimum absolute atomic E-state index is 0.148. The Bertz CT molecular complexity index is 1950. The molecule has 3 aromatic carbocycles. The van der Waals surface area contributed by atoms with Gasteiger partial charge in [-0.1, -0.05) is 47.1 Å². The fourth-order valence-electron chi connectivity index (χ4n) is 5.40. The standard InChI is InChI=1S/C33H27ClFN5O5/c1-42-28-7-3-6-25(32(28)35)22-4-2-5-24-23(22)8-9-27(24)44-30-12-29(43-18-20-10-19(13-36)14-37-15-20)21(11-26(30)34)16-38-17-31-39-33(41)45-40-31/h2-7,10-12,14-15,27,38H,8-9,16-18H2,1H3,(H,39,40,41)/t27-/m0/s1. The third-order valence-electron chi connectivity index (χ3n) is 7.48. The predicted octanol–water partition coefficient (Wildman–Crippen LogP) is 6.03. The first kappa shape index (κ1) is 29.9. The first-order valence-corrected chi connectivity index (χ1v) is 14.5. The molecule has 2 N–H and O–H groups in total. The summed E-state index contributed by atoms with van der Waals surface area (Å²) in [5, 5.41) is 16.5. The lowest BCUT2D eigenvalue weighted by atomic mass is 9.96. The zero-order valence-electron chi connectivity index (χ0n) is 24.1. The van der Waals surface area contributed by atoms with Gasteiger partial charge in [0.25, 0.3) is 0 Å². The summed E-state index contributed by atoms with van der Waals surface area (Å²) in [6, 6.07) is 18.2. The highest BCUT2D eigenvalue weighted by Gasteiger charge is 2.28. The Morgan fingerprint density at radius 3 is 2.76 bits per heavy atom. The number of methoxy groups -OCH3 is 1. The number of aromatic nitrogens is 3. The van der Waals surface area contributed by atoms with E-state index in [0.717, 1.165) is 22.3 Å². The molecule has 1 aliphatic rings. The van der Waals surface area contributed by atoms with E-state index in [1.165, 1.54) is 13.3 Å². The Balaban J connectivity index is 1.27. The summed E-state index contributed by atoms with van der Waals surface area (Å²) in [6.07, 6.45) is 4.17. The third kappa shape index (κ3) is 6.52. The second-order valence-electron chi connectivity index (χ2n) is 10.4. The number of pyridine rings is 1. The maximum atomic E-state index is 15.2. The first-order valence-electron chi connectivity index (χ1n) is 14.1. The van der Waals surface area contributed by atoms with Crippen molar-refractivity contribution in [1.82, 2.24) is 20.4 Å². The van der Waals surface area contributed by atoms with E-state index < -0.39 is 11.6 Å². The number of nitrogens with zero attached hydrogens (tertiary/aromatic N) is 3. The number of nitriles is 1. The maximum absolute atomic E-state index is 15.2. The molecule has 10 nitrogen and oxygen atoms in total. The second kappa shape index (κ2) is 13.2. The topological polar surface area (TPSA) is 135 Å². The Hall–Kier alpha value is -5.18. The fraction of sp³-hybridized carbons (Fsp3) is 0.212. The van der Waals surface area contributed by atoms with Gasteiger partial charge in [0, 0.05) is 41.7 Å². The predicted molar refractivity (Wildman–Crippen MR) is 162 cm³/mol. The van der Waals surface area contributed by atoms with Crippen LogP contribution in [-0.4, -0.2) is 22.2 Å². The molecule has 5 aromatic rings. The van der Waals surface area contributed by atoms with E-state index in [9.17, 15) is 10.1 Å². The highest BCUT2D eigenvalue weighted by atomic mass is 35.5. The molecule has 6 rings (SSSR count). The zero-order valence-corrected chi connectivity index (χ0v) is 24.9. The highest BCUT2D eigenvalue weighted by molar-refractivity contribution is 6.32. The van der Waals surface area contributed by atoms with Gasteiger partial charge < -0.3 is 19.5 Å². The molecule has 0 spiro atoms. The zero-order chi connectivity index (χ0) is 31.3. The lowest BCUT2D eigenvalue weighted by Gasteiger charge is -2.20. The molecule has 45 heavy (non-hydrogen) atoms. The molecule has 0 unspecified atom stereocenters. The Morgan fingerprint density at radius 1 is 1.11 bits per heavy atom. The molecule has 228 valence electrons. The van der Waals surface area contributed by atoms with Crippen LogP contribution in [0.3, 0.4) is 0 Å². The molecule has 0 bridgehead atoms. The van der Waals surface area contributed by atoms with Crippen molar-refractivity contribution >= 4 is 11.6 Å². The molecular formula is C33H27ClFN5O5. The lowest BCUT2D eigenvalue weighted by molar-refractivity contribution is 0.206. The van der Waals surface area contributed by atoms with Gasteiger partial charge in [-0.3, -0.25) is 14.5 Å². The van der Waals surface area contributed by atoms with Gasteiger partial charge in [0.05, 0.1) is 24.2 Å². The van der Waals surface area contributed by atoms with Gasteiger partial charge in [0.2, 0.25) is 0 Å². The molecule has 0 aliphatic heterocycles. The lowest BCUT2D eigenvalue weighted by Crippen LogP contribution is -2.15.